The molecule has 20 heavy (non-hydrogen) atoms. The highest BCUT2D eigenvalue weighted by Gasteiger charge is 2.34. The van der Waals surface area contributed by atoms with Gasteiger partial charge in [0.25, 0.3) is 0 Å². The molecule has 3 rings (SSSR count). The van der Waals surface area contributed by atoms with Crippen molar-refractivity contribution in [1.82, 2.24) is 4.31 Å². The Kier molecular flexibility index (Phi) is 3.35. The van der Waals surface area contributed by atoms with Crippen LogP contribution in [0.15, 0.2) is 23.1 Å². The van der Waals surface area contributed by atoms with E-state index in [1.807, 2.05) is 6.92 Å². The second kappa shape index (κ2) is 4.91. The first-order valence-electron chi connectivity index (χ1n) is 6.65. The highest BCUT2D eigenvalue weighted by molar-refractivity contribution is 7.89. The van der Waals surface area contributed by atoms with Crippen LogP contribution in [0.3, 0.4) is 0 Å². The minimum absolute atomic E-state index is 0.0770. The summed E-state index contributed by atoms with van der Waals surface area (Å²) >= 11 is 0. The van der Waals surface area contributed by atoms with E-state index < -0.39 is 10.0 Å². The summed E-state index contributed by atoms with van der Waals surface area (Å²) < 4.78 is 37.3. The van der Waals surface area contributed by atoms with Crippen LogP contribution in [0, 0.1) is 0 Å². The molecule has 1 fully saturated rings. The van der Waals surface area contributed by atoms with Gasteiger partial charge in [-0.2, -0.15) is 4.31 Å². The molecule has 6 nitrogen and oxygen atoms in total. The Bertz CT molecular complexity index is 617. The lowest BCUT2D eigenvalue weighted by Crippen LogP contribution is -2.48. The maximum atomic E-state index is 12.7. The molecule has 0 radical (unpaired) electrons. The lowest BCUT2D eigenvalue weighted by atomic mass is 10.0. The molecule has 0 saturated carbocycles. The van der Waals surface area contributed by atoms with Crippen LogP contribution in [0.25, 0.3) is 0 Å². The van der Waals surface area contributed by atoms with E-state index in [0.717, 1.165) is 0 Å². The third-order valence-corrected chi connectivity index (χ3v) is 5.82. The Hall–Kier alpha value is -1.31. The van der Waals surface area contributed by atoms with Gasteiger partial charge in [-0.15, -0.1) is 0 Å². The van der Waals surface area contributed by atoms with Crippen LogP contribution < -0.4 is 15.2 Å². The summed E-state index contributed by atoms with van der Waals surface area (Å²) in [7, 11) is -3.51. The second-order valence-corrected chi connectivity index (χ2v) is 7.15. The molecule has 2 atom stereocenters. The van der Waals surface area contributed by atoms with Crippen molar-refractivity contribution in [3.63, 3.8) is 0 Å². The summed E-state index contributed by atoms with van der Waals surface area (Å²) in [6.07, 6.45) is 1.37. The average molecular weight is 298 g/mol. The number of hydrogen-bond acceptors (Lipinski definition) is 5. The number of ether oxygens (including phenoxy) is 2. The highest BCUT2D eigenvalue weighted by Crippen LogP contribution is 2.35. The smallest absolute Gasteiger partial charge is 0.243 e. The molecular formula is C13H18N2O4S. The molecule has 0 aromatic heterocycles. The Morgan fingerprint density at radius 1 is 1.30 bits per heavy atom. The molecule has 110 valence electrons. The molecule has 1 aromatic rings. The Morgan fingerprint density at radius 2 is 2.05 bits per heavy atom. The van der Waals surface area contributed by atoms with Gasteiger partial charge >= 0.3 is 0 Å². The second-order valence-electron chi connectivity index (χ2n) is 5.26. The standard InChI is InChI=1S/C13H18N2O4S/c1-9-6-10(14)4-5-15(9)20(16,17)11-2-3-12-13(7-11)19-8-18-12/h2-3,7,9-10H,4-6,8,14H2,1H3/t9-,10-/m0/s1. The number of fused-ring (bicyclic) bond motifs is 1. The van der Waals surface area contributed by atoms with E-state index in [-0.39, 0.29) is 23.8 Å². The van der Waals surface area contributed by atoms with E-state index in [0.29, 0.717) is 30.9 Å². The highest BCUT2D eigenvalue weighted by atomic mass is 32.2. The molecule has 7 heteroatoms. The predicted molar refractivity (Wildman–Crippen MR) is 73.1 cm³/mol. The Morgan fingerprint density at radius 3 is 2.80 bits per heavy atom. The van der Waals surface area contributed by atoms with E-state index in [1.165, 1.54) is 10.4 Å². The van der Waals surface area contributed by atoms with Crippen LogP contribution in [-0.2, 0) is 10.0 Å². The number of hydrogen-bond donors (Lipinski definition) is 1. The van der Waals surface area contributed by atoms with Gasteiger partial charge in [-0.3, -0.25) is 0 Å². The maximum Gasteiger partial charge on any atom is 0.243 e. The Balaban J connectivity index is 1.92. The quantitative estimate of drug-likeness (QED) is 0.878. The van der Waals surface area contributed by atoms with Gasteiger partial charge in [-0.25, -0.2) is 8.42 Å². The SMILES string of the molecule is C[C@H]1C[C@@H](N)CCN1S(=O)(=O)c1ccc2c(c1)OCO2. The van der Waals surface area contributed by atoms with Crippen LogP contribution in [0.2, 0.25) is 0 Å². The van der Waals surface area contributed by atoms with Crippen LogP contribution in [0.1, 0.15) is 19.8 Å². The molecule has 0 unspecified atom stereocenters. The average Bonchev–Trinajstić information content (AvgIpc) is 2.85. The first-order valence-corrected chi connectivity index (χ1v) is 8.09. The zero-order chi connectivity index (χ0) is 14.3. The number of benzene rings is 1. The predicted octanol–water partition coefficient (Wildman–Crippen LogP) is 0.916. The fourth-order valence-corrected chi connectivity index (χ4v) is 4.39. The zero-order valence-corrected chi connectivity index (χ0v) is 12.1. The van der Waals surface area contributed by atoms with Gasteiger partial charge in [0, 0.05) is 24.7 Å². The number of nitrogens with two attached hydrogens (primary N) is 1. The maximum absolute atomic E-state index is 12.7. The normalized spacial score (nSPS) is 26.7. The van der Waals surface area contributed by atoms with Gasteiger partial charge in [0.05, 0.1) is 4.90 Å². The summed E-state index contributed by atoms with van der Waals surface area (Å²) in [6, 6.07) is 4.71. The lowest BCUT2D eigenvalue weighted by molar-refractivity contribution is 0.174. The van der Waals surface area contributed by atoms with Crippen molar-refractivity contribution in [1.29, 1.82) is 0 Å². The van der Waals surface area contributed by atoms with Crippen molar-refractivity contribution in [2.45, 2.75) is 36.7 Å². The van der Waals surface area contributed by atoms with Gasteiger partial charge in [-0.1, -0.05) is 0 Å². The number of nitrogens with zero attached hydrogens (tertiary/aromatic N) is 1. The number of sulfonamides is 1. The molecule has 2 N–H and O–H groups in total. The molecule has 2 aliphatic heterocycles. The van der Waals surface area contributed by atoms with E-state index in [9.17, 15) is 8.42 Å². The zero-order valence-electron chi connectivity index (χ0n) is 11.3. The van der Waals surface area contributed by atoms with E-state index in [1.54, 1.807) is 12.1 Å². The molecule has 0 spiro atoms. The molecular weight excluding hydrogens is 280 g/mol. The van der Waals surface area contributed by atoms with Crippen molar-refractivity contribution < 1.29 is 17.9 Å². The summed E-state index contributed by atoms with van der Waals surface area (Å²) in [5, 5.41) is 0. The minimum atomic E-state index is -3.51. The first-order chi connectivity index (χ1) is 9.48. The molecule has 2 aliphatic rings. The number of piperidine rings is 1. The fourth-order valence-electron chi connectivity index (χ4n) is 2.72. The third-order valence-electron chi connectivity index (χ3n) is 3.81. The van der Waals surface area contributed by atoms with Crippen LogP contribution in [0.4, 0.5) is 0 Å². The molecule has 1 saturated heterocycles. The van der Waals surface area contributed by atoms with Gasteiger partial charge in [0.1, 0.15) is 0 Å². The monoisotopic (exact) mass is 298 g/mol. The van der Waals surface area contributed by atoms with E-state index in [2.05, 4.69) is 0 Å². The number of rotatable bonds is 2. The van der Waals surface area contributed by atoms with Crippen molar-refractivity contribution in [2.75, 3.05) is 13.3 Å². The summed E-state index contributed by atoms with van der Waals surface area (Å²) in [4.78, 5) is 0.240. The van der Waals surface area contributed by atoms with Crippen molar-refractivity contribution >= 4 is 10.0 Å². The summed E-state index contributed by atoms with van der Waals surface area (Å²) in [5.74, 6) is 1.06. The minimum Gasteiger partial charge on any atom is -0.454 e. The fraction of sp³-hybridized carbons (Fsp3) is 0.538. The van der Waals surface area contributed by atoms with Crippen molar-refractivity contribution in [3.05, 3.63) is 18.2 Å². The summed E-state index contributed by atoms with van der Waals surface area (Å²) in [6.45, 7) is 2.48. The third kappa shape index (κ3) is 2.25. The van der Waals surface area contributed by atoms with Crippen LogP contribution in [0.5, 0.6) is 11.5 Å². The van der Waals surface area contributed by atoms with E-state index in [4.69, 9.17) is 15.2 Å². The molecule has 0 aliphatic carbocycles. The molecule has 0 amide bonds. The Labute approximate surface area is 118 Å². The molecule has 2 heterocycles. The lowest BCUT2D eigenvalue weighted by Gasteiger charge is -2.35. The summed E-state index contributed by atoms with van der Waals surface area (Å²) in [5.41, 5.74) is 5.89. The molecule has 0 bridgehead atoms. The first kappa shape index (κ1) is 13.7. The van der Waals surface area contributed by atoms with E-state index >= 15 is 0 Å². The molecule has 1 aromatic carbocycles. The van der Waals surface area contributed by atoms with Gasteiger partial charge in [0.15, 0.2) is 11.5 Å². The van der Waals surface area contributed by atoms with Crippen LogP contribution >= 0.6 is 0 Å². The topological polar surface area (TPSA) is 81.9 Å². The van der Waals surface area contributed by atoms with Gasteiger partial charge < -0.3 is 15.2 Å². The van der Waals surface area contributed by atoms with Gasteiger partial charge in [0.2, 0.25) is 16.8 Å². The largest absolute Gasteiger partial charge is 0.454 e. The van der Waals surface area contributed by atoms with Crippen molar-refractivity contribution in [3.8, 4) is 11.5 Å². The van der Waals surface area contributed by atoms with Crippen molar-refractivity contribution in [2.24, 2.45) is 5.73 Å². The van der Waals surface area contributed by atoms with Gasteiger partial charge in [-0.05, 0) is 31.9 Å². The van der Waals surface area contributed by atoms with Crippen LogP contribution in [-0.4, -0.2) is 38.1 Å².